The minimum atomic E-state index is 0.376. The quantitative estimate of drug-likeness (QED) is 0.923. The van der Waals surface area contributed by atoms with Gasteiger partial charge in [0.05, 0.1) is 7.11 Å². The maximum Gasteiger partial charge on any atom is 0.185 e. The summed E-state index contributed by atoms with van der Waals surface area (Å²) in [5.74, 6) is 1.75. The number of aromatic nitrogens is 1. The van der Waals surface area contributed by atoms with E-state index < -0.39 is 0 Å². The van der Waals surface area contributed by atoms with E-state index in [9.17, 15) is 0 Å². The molecular formula is C18H23N3O2S. The summed E-state index contributed by atoms with van der Waals surface area (Å²) >= 11 is 1.72. The fourth-order valence-electron chi connectivity index (χ4n) is 3.60. The van der Waals surface area contributed by atoms with Crippen molar-refractivity contribution in [1.82, 2.24) is 10.3 Å². The molecule has 128 valence electrons. The zero-order valence-electron chi connectivity index (χ0n) is 13.9. The Bertz CT molecular complexity index is 669. The molecule has 0 bridgehead atoms. The summed E-state index contributed by atoms with van der Waals surface area (Å²) in [7, 11) is 1.69. The average Bonchev–Trinajstić information content (AvgIpc) is 3.16. The van der Waals surface area contributed by atoms with Crippen molar-refractivity contribution in [2.45, 2.75) is 31.3 Å². The van der Waals surface area contributed by atoms with Gasteiger partial charge in [-0.2, -0.15) is 0 Å². The standard InChI is InChI=1S/C18H23N3O2S/c1-22-16-4-2-3-13-11-15(12-23-17(13)16)20-14-5-8-21(9-6-14)18-19-7-10-24-18/h2-4,7,10,14-15,20H,5-6,8-9,11-12H2,1H3/t15-/m1/s1. The van der Waals surface area contributed by atoms with Gasteiger partial charge in [0, 0.05) is 36.8 Å². The lowest BCUT2D eigenvalue weighted by Gasteiger charge is -2.36. The highest BCUT2D eigenvalue weighted by Gasteiger charge is 2.27. The van der Waals surface area contributed by atoms with E-state index in [1.54, 1.807) is 18.4 Å². The van der Waals surface area contributed by atoms with E-state index in [2.05, 4.69) is 21.3 Å². The lowest BCUT2D eigenvalue weighted by Crippen LogP contribution is -2.49. The number of thiazole rings is 1. The van der Waals surface area contributed by atoms with Crippen LogP contribution in [0.1, 0.15) is 18.4 Å². The number of ether oxygens (including phenoxy) is 2. The molecule has 0 radical (unpaired) electrons. The molecular weight excluding hydrogens is 322 g/mol. The van der Waals surface area contributed by atoms with E-state index in [0.29, 0.717) is 18.7 Å². The first-order valence-electron chi connectivity index (χ1n) is 8.52. The molecule has 0 spiro atoms. The van der Waals surface area contributed by atoms with Gasteiger partial charge in [-0.1, -0.05) is 12.1 Å². The third kappa shape index (κ3) is 3.21. The number of nitrogens with one attached hydrogen (secondary N) is 1. The van der Waals surface area contributed by atoms with Crippen LogP contribution in [0, 0.1) is 0 Å². The van der Waals surface area contributed by atoms with Gasteiger partial charge in [0.15, 0.2) is 16.6 Å². The molecule has 5 nitrogen and oxygen atoms in total. The number of fused-ring (bicyclic) bond motifs is 1. The molecule has 0 amide bonds. The average molecular weight is 345 g/mol. The molecule has 6 heteroatoms. The highest BCUT2D eigenvalue weighted by atomic mass is 32.1. The topological polar surface area (TPSA) is 46.6 Å². The number of methoxy groups -OCH3 is 1. The summed E-state index contributed by atoms with van der Waals surface area (Å²) in [4.78, 5) is 6.80. The van der Waals surface area contributed by atoms with Crippen LogP contribution in [0.25, 0.3) is 0 Å². The second-order valence-corrected chi connectivity index (χ2v) is 7.28. The predicted octanol–water partition coefficient (Wildman–Crippen LogP) is 2.71. The molecule has 4 rings (SSSR count). The van der Waals surface area contributed by atoms with Gasteiger partial charge in [0.25, 0.3) is 0 Å². The molecule has 1 N–H and O–H groups in total. The van der Waals surface area contributed by atoms with Crippen molar-refractivity contribution in [3.8, 4) is 11.5 Å². The number of benzene rings is 1. The zero-order valence-corrected chi connectivity index (χ0v) is 14.7. The monoisotopic (exact) mass is 345 g/mol. The molecule has 2 aliphatic heterocycles. The minimum Gasteiger partial charge on any atom is -0.493 e. The first-order chi connectivity index (χ1) is 11.8. The van der Waals surface area contributed by atoms with Crippen molar-refractivity contribution in [3.05, 3.63) is 35.3 Å². The maximum absolute atomic E-state index is 5.97. The van der Waals surface area contributed by atoms with Gasteiger partial charge in [-0.3, -0.25) is 0 Å². The number of nitrogens with zero attached hydrogens (tertiary/aromatic N) is 2. The number of hydrogen-bond donors (Lipinski definition) is 1. The van der Waals surface area contributed by atoms with Gasteiger partial charge < -0.3 is 19.7 Å². The molecule has 1 aromatic carbocycles. The van der Waals surface area contributed by atoms with Crippen molar-refractivity contribution in [1.29, 1.82) is 0 Å². The van der Waals surface area contributed by atoms with Crippen molar-refractivity contribution in [2.24, 2.45) is 0 Å². The maximum atomic E-state index is 5.97. The lowest BCUT2D eigenvalue weighted by molar-refractivity contribution is 0.211. The summed E-state index contributed by atoms with van der Waals surface area (Å²) in [6.07, 6.45) is 5.19. The van der Waals surface area contributed by atoms with Gasteiger partial charge in [0.1, 0.15) is 6.61 Å². The van der Waals surface area contributed by atoms with Gasteiger partial charge in [-0.05, 0) is 30.9 Å². The Balaban J connectivity index is 1.33. The van der Waals surface area contributed by atoms with Crippen LogP contribution in [0.4, 0.5) is 5.13 Å². The predicted molar refractivity (Wildman–Crippen MR) is 96.5 cm³/mol. The highest BCUT2D eigenvalue weighted by Crippen LogP contribution is 2.34. The van der Waals surface area contributed by atoms with E-state index in [4.69, 9.17) is 9.47 Å². The Hall–Kier alpha value is -1.79. The molecule has 0 saturated carbocycles. The Morgan fingerprint density at radius 2 is 2.17 bits per heavy atom. The summed E-state index contributed by atoms with van der Waals surface area (Å²) < 4.78 is 11.4. The van der Waals surface area contributed by atoms with E-state index in [0.717, 1.165) is 49.0 Å². The SMILES string of the molecule is COc1cccc2c1OC[C@H](NC1CCN(c3nccs3)CC1)C2. The van der Waals surface area contributed by atoms with Crippen LogP contribution in [0.5, 0.6) is 11.5 Å². The van der Waals surface area contributed by atoms with Gasteiger partial charge in [0.2, 0.25) is 0 Å². The Labute approximate surface area is 146 Å². The van der Waals surface area contributed by atoms with Crippen LogP contribution in [0.3, 0.4) is 0 Å². The van der Waals surface area contributed by atoms with Gasteiger partial charge in [-0.15, -0.1) is 11.3 Å². The Morgan fingerprint density at radius 3 is 2.92 bits per heavy atom. The van der Waals surface area contributed by atoms with Crippen LogP contribution in [0.15, 0.2) is 29.8 Å². The highest BCUT2D eigenvalue weighted by molar-refractivity contribution is 7.13. The molecule has 1 atom stereocenters. The molecule has 2 aromatic rings. The van der Waals surface area contributed by atoms with E-state index >= 15 is 0 Å². The Kier molecular flexibility index (Phi) is 4.58. The number of hydrogen-bond acceptors (Lipinski definition) is 6. The van der Waals surface area contributed by atoms with Gasteiger partial charge in [-0.25, -0.2) is 4.98 Å². The Morgan fingerprint density at radius 1 is 1.29 bits per heavy atom. The fourth-order valence-corrected chi connectivity index (χ4v) is 4.30. The molecule has 1 fully saturated rings. The van der Waals surface area contributed by atoms with Crippen molar-refractivity contribution < 1.29 is 9.47 Å². The van der Waals surface area contributed by atoms with Crippen LogP contribution in [-0.2, 0) is 6.42 Å². The van der Waals surface area contributed by atoms with Crippen LogP contribution < -0.4 is 19.7 Å². The summed E-state index contributed by atoms with van der Waals surface area (Å²) in [6.45, 7) is 2.85. The van der Waals surface area contributed by atoms with E-state index in [1.165, 1.54) is 5.56 Å². The fraction of sp³-hybridized carbons (Fsp3) is 0.500. The molecule has 1 saturated heterocycles. The zero-order chi connectivity index (χ0) is 16.4. The molecule has 3 heterocycles. The summed E-state index contributed by atoms with van der Waals surface area (Å²) in [6, 6.07) is 7.07. The van der Waals surface area contributed by atoms with Crippen LogP contribution in [0.2, 0.25) is 0 Å². The third-order valence-electron chi connectivity index (χ3n) is 4.83. The minimum absolute atomic E-state index is 0.376. The number of anilines is 1. The first kappa shape index (κ1) is 15.7. The third-order valence-corrected chi connectivity index (χ3v) is 5.66. The van der Waals surface area contributed by atoms with E-state index in [1.807, 2.05) is 23.7 Å². The lowest BCUT2D eigenvalue weighted by atomic mass is 9.99. The molecule has 1 aromatic heterocycles. The normalized spacial score (nSPS) is 21.2. The van der Waals surface area contributed by atoms with Gasteiger partial charge >= 0.3 is 0 Å². The molecule has 0 aliphatic carbocycles. The molecule has 2 aliphatic rings. The second kappa shape index (κ2) is 6.99. The van der Waals surface area contributed by atoms with Crippen LogP contribution >= 0.6 is 11.3 Å². The van der Waals surface area contributed by atoms with Crippen molar-refractivity contribution in [3.63, 3.8) is 0 Å². The van der Waals surface area contributed by atoms with Crippen LogP contribution in [-0.4, -0.2) is 43.9 Å². The van der Waals surface area contributed by atoms with Crippen molar-refractivity contribution in [2.75, 3.05) is 31.7 Å². The number of piperidine rings is 1. The van der Waals surface area contributed by atoms with E-state index in [-0.39, 0.29) is 0 Å². The molecule has 24 heavy (non-hydrogen) atoms. The first-order valence-corrected chi connectivity index (χ1v) is 9.40. The largest absolute Gasteiger partial charge is 0.493 e. The molecule has 0 unspecified atom stereocenters. The van der Waals surface area contributed by atoms with Crippen molar-refractivity contribution >= 4 is 16.5 Å². The summed E-state index contributed by atoms with van der Waals surface area (Å²) in [5.41, 5.74) is 1.23. The smallest absolute Gasteiger partial charge is 0.185 e. The second-order valence-electron chi connectivity index (χ2n) is 6.40. The number of para-hydroxylation sites is 1. The summed E-state index contributed by atoms with van der Waals surface area (Å²) in [5, 5.41) is 6.99. The number of rotatable bonds is 4.